The highest BCUT2D eigenvalue weighted by Gasteiger charge is 2.11. The zero-order valence-electron chi connectivity index (χ0n) is 12.7. The summed E-state index contributed by atoms with van der Waals surface area (Å²) in [6, 6.07) is 3.89. The Hall–Kier alpha value is -1.50. The van der Waals surface area contributed by atoms with E-state index in [-0.39, 0.29) is 0 Å². The summed E-state index contributed by atoms with van der Waals surface area (Å²) in [4.78, 5) is 10.2. The molecule has 0 radical (unpaired) electrons. The van der Waals surface area contributed by atoms with Crippen molar-refractivity contribution in [3.8, 4) is 5.88 Å². The number of nitrogens with one attached hydrogen (secondary N) is 1. The molecule has 0 aromatic carbocycles. The van der Waals surface area contributed by atoms with Gasteiger partial charge in [0.05, 0.1) is 24.4 Å². The van der Waals surface area contributed by atoms with E-state index in [0.717, 1.165) is 35.8 Å². The molecule has 0 aliphatic heterocycles. The van der Waals surface area contributed by atoms with Gasteiger partial charge in [0.2, 0.25) is 5.88 Å². The first kappa shape index (κ1) is 15.9. The Kier molecular flexibility index (Phi) is 6.10. The van der Waals surface area contributed by atoms with Gasteiger partial charge in [0.15, 0.2) is 0 Å². The van der Waals surface area contributed by atoms with E-state index in [9.17, 15) is 0 Å². The summed E-state index contributed by atoms with van der Waals surface area (Å²) in [6.45, 7) is 4.44. The van der Waals surface area contributed by atoms with Crippen LogP contribution >= 0.6 is 11.3 Å². The number of pyridine rings is 1. The molecule has 0 bridgehead atoms. The Morgan fingerprint density at radius 3 is 2.76 bits per heavy atom. The Labute approximate surface area is 129 Å². The number of nitrogens with zero attached hydrogens (tertiary/aromatic N) is 2. The molecule has 5 nitrogen and oxygen atoms in total. The molecule has 0 amide bonds. The van der Waals surface area contributed by atoms with Crippen LogP contribution < -0.4 is 10.1 Å². The van der Waals surface area contributed by atoms with Gasteiger partial charge in [-0.15, -0.1) is 11.3 Å². The van der Waals surface area contributed by atoms with E-state index >= 15 is 0 Å². The lowest BCUT2D eigenvalue weighted by molar-refractivity contribution is 0.181. The van der Waals surface area contributed by atoms with Crippen molar-refractivity contribution in [2.45, 2.75) is 26.5 Å². The monoisotopic (exact) mass is 307 g/mol. The molecule has 1 N–H and O–H groups in total. The van der Waals surface area contributed by atoms with Gasteiger partial charge in [-0.1, -0.05) is 13.0 Å². The van der Waals surface area contributed by atoms with Gasteiger partial charge in [-0.2, -0.15) is 0 Å². The highest BCUT2D eigenvalue weighted by atomic mass is 32.1. The van der Waals surface area contributed by atoms with Crippen LogP contribution in [-0.2, 0) is 24.3 Å². The number of rotatable bonds is 8. The summed E-state index contributed by atoms with van der Waals surface area (Å²) in [6.07, 6.45) is 2.62. The van der Waals surface area contributed by atoms with E-state index in [1.54, 1.807) is 25.6 Å². The molecule has 114 valence electrons. The first-order valence-corrected chi connectivity index (χ1v) is 7.74. The average molecular weight is 307 g/mol. The molecule has 0 unspecified atom stereocenters. The molecule has 21 heavy (non-hydrogen) atoms. The number of hydrogen-bond acceptors (Lipinski definition) is 6. The molecule has 0 atom stereocenters. The van der Waals surface area contributed by atoms with E-state index < -0.39 is 0 Å². The molecule has 0 spiro atoms. The normalized spacial score (nSPS) is 10.8. The van der Waals surface area contributed by atoms with Gasteiger partial charge in [0, 0.05) is 37.2 Å². The summed E-state index contributed by atoms with van der Waals surface area (Å²) < 4.78 is 10.3. The predicted octanol–water partition coefficient (Wildman–Crippen LogP) is 2.39. The zero-order valence-corrected chi connectivity index (χ0v) is 13.5. The lowest BCUT2D eigenvalue weighted by Gasteiger charge is -2.00. The van der Waals surface area contributed by atoms with Crippen molar-refractivity contribution in [1.29, 1.82) is 0 Å². The van der Waals surface area contributed by atoms with Gasteiger partial charge >= 0.3 is 0 Å². The third kappa shape index (κ3) is 4.49. The SMILES string of the molecule is CCNCc1sc(Cc2ccc(OC)nc2)nc1COC. The number of aromatic nitrogens is 2. The van der Waals surface area contributed by atoms with Crippen LogP contribution in [0, 0.1) is 0 Å². The first-order valence-electron chi connectivity index (χ1n) is 6.92. The highest BCUT2D eigenvalue weighted by molar-refractivity contribution is 7.11. The molecule has 0 saturated heterocycles. The second-order valence-electron chi connectivity index (χ2n) is 4.58. The van der Waals surface area contributed by atoms with E-state index in [4.69, 9.17) is 9.47 Å². The van der Waals surface area contributed by atoms with Gasteiger partial charge in [0.1, 0.15) is 0 Å². The van der Waals surface area contributed by atoms with Crippen LogP contribution in [0.5, 0.6) is 5.88 Å². The van der Waals surface area contributed by atoms with Crippen LogP contribution in [-0.4, -0.2) is 30.7 Å². The molecule has 6 heteroatoms. The molecule has 2 aromatic rings. The number of methoxy groups -OCH3 is 2. The summed E-state index contributed by atoms with van der Waals surface area (Å²) in [5.74, 6) is 0.630. The topological polar surface area (TPSA) is 56.3 Å². The molecular weight excluding hydrogens is 286 g/mol. The molecule has 0 aliphatic carbocycles. The van der Waals surface area contributed by atoms with Gasteiger partial charge in [-0.25, -0.2) is 9.97 Å². The van der Waals surface area contributed by atoms with Crippen LogP contribution in [0.25, 0.3) is 0 Å². The van der Waals surface area contributed by atoms with Crippen LogP contribution in [0.4, 0.5) is 0 Å². The van der Waals surface area contributed by atoms with Gasteiger partial charge < -0.3 is 14.8 Å². The predicted molar refractivity (Wildman–Crippen MR) is 83.8 cm³/mol. The zero-order chi connectivity index (χ0) is 15.1. The van der Waals surface area contributed by atoms with E-state index in [1.165, 1.54) is 4.88 Å². The molecule has 0 saturated carbocycles. The number of hydrogen-bond donors (Lipinski definition) is 1. The van der Waals surface area contributed by atoms with E-state index in [2.05, 4.69) is 22.2 Å². The van der Waals surface area contributed by atoms with E-state index in [0.29, 0.717) is 12.5 Å². The van der Waals surface area contributed by atoms with Crippen LogP contribution in [0.1, 0.15) is 28.1 Å². The maximum atomic E-state index is 5.23. The van der Waals surface area contributed by atoms with E-state index in [1.807, 2.05) is 18.3 Å². The minimum atomic E-state index is 0.554. The second-order valence-corrected chi connectivity index (χ2v) is 5.74. The molecule has 2 heterocycles. The lowest BCUT2D eigenvalue weighted by atomic mass is 10.2. The van der Waals surface area contributed by atoms with Crippen LogP contribution in [0.3, 0.4) is 0 Å². The summed E-state index contributed by atoms with van der Waals surface area (Å²) in [7, 11) is 3.32. The van der Waals surface area contributed by atoms with Gasteiger partial charge in [-0.3, -0.25) is 0 Å². The average Bonchev–Trinajstić information content (AvgIpc) is 2.88. The minimum Gasteiger partial charge on any atom is -0.481 e. The minimum absolute atomic E-state index is 0.554. The van der Waals surface area contributed by atoms with Crippen molar-refractivity contribution in [2.75, 3.05) is 20.8 Å². The molecule has 2 aromatic heterocycles. The molecule has 0 fully saturated rings. The fourth-order valence-corrected chi connectivity index (χ4v) is 3.03. The van der Waals surface area contributed by atoms with Crippen molar-refractivity contribution in [3.05, 3.63) is 39.5 Å². The Morgan fingerprint density at radius 2 is 2.14 bits per heavy atom. The fourth-order valence-electron chi connectivity index (χ4n) is 1.95. The third-order valence-corrected chi connectivity index (χ3v) is 4.10. The van der Waals surface area contributed by atoms with Crippen molar-refractivity contribution in [2.24, 2.45) is 0 Å². The highest BCUT2D eigenvalue weighted by Crippen LogP contribution is 2.22. The molecular formula is C15H21N3O2S. The standard InChI is InChI=1S/C15H21N3O2S/c1-4-16-9-13-12(10-19-2)18-15(21-13)7-11-5-6-14(20-3)17-8-11/h5-6,8,16H,4,7,9-10H2,1-3H3. The Balaban J connectivity index is 2.10. The Morgan fingerprint density at radius 1 is 1.29 bits per heavy atom. The lowest BCUT2D eigenvalue weighted by Crippen LogP contribution is -2.12. The Bertz CT molecular complexity index is 555. The maximum Gasteiger partial charge on any atom is 0.212 e. The smallest absolute Gasteiger partial charge is 0.212 e. The third-order valence-electron chi connectivity index (χ3n) is 3.00. The largest absolute Gasteiger partial charge is 0.481 e. The first-order chi connectivity index (χ1) is 10.3. The van der Waals surface area contributed by atoms with Gasteiger partial charge in [0.25, 0.3) is 0 Å². The number of thiazole rings is 1. The molecule has 2 rings (SSSR count). The van der Waals surface area contributed by atoms with Crippen LogP contribution in [0.2, 0.25) is 0 Å². The summed E-state index contributed by atoms with van der Waals surface area (Å²) in [5.41, 5.74) is 2.16. The maximum absolute atomic E-state index is 5.23. The summed E-state index contributed by atoms with van der Waals surface area (Å²) >= 11 is 1.73. The van der Waals surface area contributed by atoms with Gasteiger partial charge in [-0.05, 0) is 12.1 Å². The van der Waals surface area contributed by atoms with Crippen molar-refractivity contribution in [3.63, 3.8) is 0 Å². The molecule has 0 aliphatic rings. The second kappa shape index (κ2) is 8.07. The summed E-state index contributed by atoms with van der Waals surface area (Å²) in [5, 5.41) is 4.43. The van der Waals surface area contributed by atoms with Crippen LogP contribution in [0.15, 0.2) is 18.3 Å². The van der Waals surface area contributed by atoms with Crippen molar-refractivity contribution in [1.82, 2.24) is 15.3 Å². The van der Waals surface area contributed by atoms with Crippen molar-refractivity contribution < 1.29 is 9.47 Å². The van der Waals surface area contributed by atoms with Crippen molar-refractivity contribution >= 4 is 11.3 Å². The number of ether oxygens (including phenoxy) is 2. The fraction of sp³-hybridized carbons (Fsp3) is 0.467. The quantitative estimate of drug-likeness (QED) is 0.811.